The highest BCUT2D eigenvalue weighted by Crippen LogP contribution is 2.31. The van der Waals surface area contributed by atoms with Crippen LogP contribution in [0.4, 0.5) is 4.79 Å². The molecule has 2 saturated heterocycles. The van der Waals surface area contributed by atoms with Crippen LogP contribution in [0, 0.1) is 0 Å². The minimum Gasteiger partial charge on any atom is -0.497 e. The van der Waals surface area contributed by atoms with Gasteiger partial charge in [0.25, 0.3) is 0 Å². The maximum Gasteiger partial charge on any atom is 0.410 e. The molecule has 0 aliphatic carbocycles. The van der Waals surface area contributed by atoms with E-state index in [1.807, 2.05) is 29.2 Å². The zero-order valence-corrected chi connectivity index (χ0v) is 15.0. The summed E-state index contributed by atoms with van der Waals surface area (Å²) in [6.45, 7) is 1.84. The number of carbonyl (C=O) groups excluding carboxylic acids is 2. The Labute approximate surface area is 148 Å². The molecule has 1 aromatic rings. The Morgan fingerprint density at radius 1 is 1.28 bits per heavy atom. The van der Waals surface area contributed by atoms with E-state index in [-0.39, 0.29) is 12.0 Å². The fraction of sp³-hybridized carbons (Fsp3) is 0.579. The van der Waals surface area contributed by atoms with Crippen molar-refractivity contribution in [1.82, 2.24) is 9.80 Å². The summed E-state index contributed by atoms with van der Waals surface area (Å²) in [4.78, 5) is 27.7. The number of hydrogen-bond donors (Lipinski definition) is 0. The minimum atomic E-state index is -0.504. The Morgan fingerprint density at radius 3 is 2.68 bits per heavy atom. The molecular weight excluding hydrogens is 320 g/mol. The summed E-state index contributed by atoms with van der Waals surface area (Å²) in [5, 5.41) is 0. The lowest BCUT2D eigenvalue weighted by atomic mass is 9.92. The van der Waals surface area contributed by atoms with Gasteiger partial charge in [0.2, 0.25) is 5.91 Å². The number of nitrogens with zero attached hydrogens (tertiary/aromatic N) is 2. The normalized spacial score (nSPS) is 23.0. The van der Waals surface area contributed by atoms with Crippen molar-refractivity contribution in [2.24, 2.45) is 0 Å². The van der Waals surface area contributed by atoms with Crippen molar-refractivity contribution < 1.29 is 19.1 Å². The molecule has 136 valence electrons. The molecule has 2 aliphatic rings. The highest BCUT2D eigenvalue weighted by molar-refractivity contribution is 5.77. The van der Waals surface area contributed by atoms with Crippen LogP contribution in [0.25, 0.3) is 0 Å². The van der Waals surface area contributed by atoms with Gasteiger partial charge in [-0.3, -0.25) is 4.79 Å². The van der Waals surface area contributed by atoms with E-state index in [2.05, 4.69) is 0 Å². The van der Waals surface area contributed by atoms with E-state index in [0.29, 0.717) is 19.5 Å². The first-order chi connectivity index (χ1) is 12.0. The second-order valence-corrected chi connectivity index (χ2v) is 7.03. The molecular formula is C19H26N2O4. The maximum atomic E-state index is 12.5. The number of benzene rings is 1. The summed E-state index contributed by atoms with van der Waals surface area (Å²) in [5.41, 5.74) is 0.700. The Bertz CT molecular complexity index is 631. The molecule has 1 atom stereocenters. The summed E-state index contributed by atoms with van der Waals surface area (Å²) in [6.07, 6.45) is 3.63. The Hall–Kier alpha value is -2.24. The van der Waals surface area contributed by atoms with Gasteiger partial charge in [0, 0.05) is 20.0 Å². The third-order valence-electron chi connectivity index (χ3n) is 5.05. The quantitative estimate of drug-likeness (QED) is 0.822. The summed E-state index contributed by atoms with van der Waals surface area (Å²) in [5.74, 6) is 0.993. The highest BCUT2D eigenvalue weighted by atomic mass is 16.6. The molecule has 2 amide bonds. The minimum absolute atomic E-state index is 0.151. The molecule has 3 rings (SSSR count). The van der Waals surface area contributed by atoms with E-state index in [0.717, 1.165) is 38.0 Å². The maximum absolute atomic E-state index is 12.5. The van der Waals surface area contributed by atoms with E-state index in [4.69, 9.17) is 9.47 Å². The molecule has 25 heavy (non-hydrogen) atoms. The van der Waals surface area contributed by atoms with E-state index in [1.165, 1.54) is 5.56 Å². The number of carbonyl (C=O) groups is 2. The molecule has 2 fully saturated rings. The number of amides is 2. The highest BCUT2D eigenvalue weighted by Gasteiger charge is 2.47. The number of hydrogen-bond acceptors (Lipinski definition) is 4. The zero-order chi connectivity index (χ0) is 17.9. The molecule has 1 aromatic carbocycles. The zero-order valence-electron chi connectivity index (χ0n) is 15.0. The van der Waals surface area contributed by atoms with E-state index in [9.17, 15) is 9.59 Å². The Balaban J connectivity index is 1.48. The van der Waals surface area contributed by atoms with Gasteiger partial charge in [-0.05, 0) is 43.4 Å². The van der Waals surface area contributed by atoms with Crippen LogP contribution in [0.2, 0.25) is 0 Å². The SMILES string of the molecule is COc1ccc(CCCC(=O)N2CCC[C@]3(CN(C)C(=O)O3)C2)cc1. The molecule has 6 heteroatoms. The van der Waals surface area contributed by atoms with Crippen molar-refractivity contribution in [1.29, 1.82) is 0 Å². The molecule has 0 bridgehead atoms. The topological polar surface area (TPSA) is 59.1 Å². The number of rotatable bonds is 5. The largest absolute Gasteiger partial charge is 0.497 e. The van der Waals surface area contributed by atoms with E-state index < -0.39 is 5.60 Å². The smallest absolute Gasteiger partial charge is 0.410 e. The summed E-state index contributed by atoms with van der Waals surface area (Å²) < 4.78 is 10.7. The first-order valence-electron chi connectivity index (χ1n) is 8.86. The van der Waals surface area contributed by atoms with Crippen LogP contribution in [0.5, 0.6) is 5.75 Å². The van der Waals surface area contributed by atoms with Crippen LogP contribution < -0.4 is 4.74 Å². The van der Waals surface area contributed by atoms with Gasteiger partial charge >= 0.3 is 6.09 Å². The van der Waals surface area contributed by atoms with Crippen LogP contribution in [0.15, 0.2) is 24.3 Å². The number of aryl methyl sites for hydroxylation is 1. The third kappa shape index (κ3) is 4.06. The average molecular weight is 346 g/mol. The summed E-state index contributed by atoms with van der Waals surface area (Å²) in [7, 11) is 3.39. The second kappa shape index (κ2) is 7.33. The lowest BCUT2D eigenvalue weighted by Gasteiger charge is -2.38. The number of ether oxygens (including phenoxy) is 2. The second-order valence-electron chi connectivity index (χ2n) is 7.03. The number of likely N-dealkylation sites (tertiary alicyclic amines) is 1. The van der Waals surface area contributed by atoms with Crippen LogP contribution in [0.3, 0.4) is 0 Å². The Morgan fingerprint density at radius 2 is 2.04 bits per heavy atom. The fourth-order valence-electron chi connectivity index (χ4n) is 3.71. The molecule has 0 saturated carbocycles. The summed E-state index contributed by atoms with van der Waals surface area (Å²) >= 11 is 0. The monoisotopic (exact) mass is 346 g/mol. The molecule has 0 radical (unpaired) electrons. The third-order valence-corrected chi connectivity index (χ3v) is 5.05. The van der Waals surface area contributed by atoms with Gasteiger partial charge in [0.05, 0.1) is 20.2 Å². The first-order valence-corrected chi connectivity index (χ1v) is 8.86. The molecule has 0 N–H and O–H groups in total. The molecule has 6 nitrogen and oxygen atoms in total. The predicted molar refractivity (Wildman–Crippen MR) is 93.6 cm³/mol. The van der Waals surface area contributed by atoms with Gasteiger partial charge in [-0.1, -0.05) is 12.1 Å². The fourth-order valence-corrected chi connectivity index (χ4v) is 3.71. The predicted octanol–water partition coefficient (Wildman–Crippen LogP) is 2.46. The van der Waals surface area contributed by atoms with Gasteiger partial charge in [-0.15, -0.1) is 0 Å². The van der Waals surface area contributed by atoms with Crippen LogP contribution >= 0.6 is 0 Å². The van der Waals surface area contributed by atoms with Gasteiger partial charge in [0.1, 0.15) is 11.4 Å². The van der Waals surface area contributed by atoms with Crippen LogP contribution in [-0.2, 0) is 16.0 Å². The van der Waals surface area contributed by atoms with Gasteiger partial charge in [0.15, 0.2) is 0 Å². The van der Waals surface area contributed by atoms with Crippen LogP contribution in [0.1, 0.15) is 31.2 Å². The molecule has 2 aliphatic heterocycles. The van der Waals surface area contributed by atoms with Crippen molar-refractivity contribution in [2.75, 3.05) is 33.8 Å². The molecule has 2 heterocycles. The standard InChI is InChI=1S/C19H26N2O4/c1-20-13-19(25-18(20)23)11-4-12-21(14-19)17(22)6-3-5-15-7-9-16(24-2)10-8-15/h7-10H,3-6,11-14H2,1-2H3/t19-/m0/s1. The molecule has 0 aromatic heterocycles. The van der Waals surface area contributed by atoms with E-state index in [1.54, 1.807) is 19.1 Å². The van der Waals surface area contributed by atoms with Crippen LogP contribution in [-0.4, -0.2) is 61.2 Å². The van der Waals surface area contributed by atoms with Crippen molar-refractivity contribution in [2.45, 2.75) is 37.7 Å². The Kier molecular flexibility index (Phi) is 5.16. The number of methoxy groups -OCH3 is 1. The van der Waals surface area contributed by atoms with Crippen molar-refractivity contribution in [3.63, 3.8) is 0 Å². The van der Waals surface area contributed by atoms with Crippen molar-refractivity contribution in [3.8, 4) is 5.75 Å². The molecule has 0 unspecified atom stereocenters. The lowest BCUT2D eigenvalue weighted by molar-refractivity contribution is -0.136. The molecule has 1 spiro atoms. The lowest BCUT2D eigenvalue weighted by Crippen LogP contribution is -2.52. The van der Waals surface area contributed by atoms with Crippen molar-refractivity contribution in [3.05, 3.63) is 29.8 Å². The van der Waals surface area contributed by atoms with Gasteiger partial charge in [-0.2, -0.15) is 0 Å². The van der Waals surface area contributed by atoms with Gasteiger partial charge < -0.3 is 19.3 Å². The first kappa shape index (κ1) is 17.6. The average Bonchev–Trinajstić information content (AvgIpc) is 2.88. The van der Waals surface area contributed by atoms with Gasteiger partial charge in [-0.25, -0.2) is 4.79 Å². The van der Waals surface area contributed by atoms with E-state index >= 15 is 0 Å². The number of likely N-dealkylation sites (N-methyl/N-ethyl adjacent to an activating group) is 1. The van der Waals surface area contributed by atoms with Crippen molar-refractivity contribution >= 4 is 12.0 Å². The summed E-state index contributed by atoms with van der Waals surface area (Å²) in [6, 6.07) is 7.95. The number of piperidine rings is 1.